The second-order valence-corrected chi connectivity index (χ2v) is 4.01. The molecule has 0 N–H and O–H groups in total. The van der Waals surface area contributed by atoms with Crippen LogP contribution >= 0.6 is 0 Å². The van der Waals surface area contributed by atoms with Crippen LogP contribution in [0.3, 0.4) is 0 Å². The Hall–Kier alpha value is -0.410. The third-order valence-corrected chi connectivity index (χ3v) is 2.71. The number of nitrogens with zero attached hydrogens (tertiary/aromatic N) is 3. The first kappa shape index (κ1) is 8.20. The zero-order chi connectivity index (χ0) is 8.72. The van der Waals surface area contributed by atoms with Crippen LogP contribution in [0.4, 0.5) is 0 Å². The van der Waals surface area contributed by atoms with E-state index in [1.54, 1.807) is 0 Å². The Bertz CT molecular complexity index is 212. The zero-order valence-corrected chi connectivity index (χ0v) is 7.99. The quantitative estimate of drug-likeness (QED) is 0.539. The number of hydrogen-bond acceptors (Lipinski definition) is 2. The fourth-order valence-electron chi connectivity index (χ4n) is 2.05. The van der Waals surface area contributed by atoms with E-state index in [0.29, 0.717) is 18.1 Å². The van der Waals surface area contributed by atoms with Crippen molar-refractivity contribution in [2.24, 2.45) is 10.9 Å². The van der Waals surface area contributed by atoms with Crippen molar-refractivity contribution in [1.82, 2.24) is 5.01 Å². The maximum absolute atomic E-state index is 4.62. The predicted octanol–water partition coefficient (Wildman–Crippen LogP) is 1.81. The van der Waals surface area contributed by atoms with Crippen molar-refractivity contribution < 1.29 is 0 Å². The van der Waals surface area contributed by atoms with Gasteiger partial charge in [0.25, 0.3) is 0 Å². The van der Waals surface area contributed by atoms with E-state index in [2.05, 4.69) is 36.2 Å². The molecule has 0 aliphatic carbocycles. The van der Waals surface area contributed by atoms with Crippen molar-refractivity contribution in [3.05, 3.63) is 5.43 Å². The molecule has 0 radical (unpaired) electrons. The molecule has 2 heterocycles. The van der Waals surface area contributed by atoms with Crippen LogP contribution < -0.4 is 0 Å². The van der Waals surface area contributed by atoms with Crippen LogP contribution in [0.5, 0.6) is 0 Å². The Labute approximate surface area is 73.8 Å². The summed E-state index contributed by atoms with van der Waals surface area (Å²) in [6.45, 7) is 7.53. The highest BCUT2D eigenvalue weighted by atomic mass is 15.6. The van der Waals surface area contributed by atoms with E-state index in [1.807, 2.05) is 0 Å². The van der Waals surface area contributed by atoms with Gasteiger partial charge in [0.2, 0.25) is 0 Å². The first-order chi connectivity index (χ1) is 5.68. The van der Waals surface area contributed by atoms with Gasteiger partial charge in [0.05, 0.1) is 6.17 Å². The molecule has 0 saturated carbocycles. The lowest BCUT2D eigenvalue weighted by Gasteiger charge is -2.42. The Kier molecular flexibility index (Phi) is 1.93. The van der Waals surface area contributed by atoms with Gasteiger partial charge in [-0.05, 0) is 25.3 Å². The Morgan fingerprint density at radius 2 is 2.25 bits per heavy atom. The second-order valence-electron chi connectivity index (χ2n) is 4.01. The second kappa shape index (κ2) is 2.82. The van der Waals surface area contributed by atoms with Crippen LogP contribution in [-0.4, -0.2) is 29.5 Å². The standard InChI is InChI=1S/C9H16N3/c1-6-5-10-12-8(3)4-7(2)11-9(6)12/h6,8-9H,4-5H2,1-3H3/q-1. The summed E-state index contributed by atoms with van der Waals surface area (Å²) >= 11 is 0. The lowest BCUT2D eigenvalue weighted by Crippen LogP contribution is -2.40. The normalized spacial score (nSPS) is 42.6. The molecular formula is C9H16N3-. The van der Waals surface area contributed by atoms with Crippen LogP contribution in [0, 0.1) is 5.92 Å². The van der Waals surface area contributed by atoms with Gasteiger partial charge >= 0.3 is 0 Å². The average molecular weight is 166 g/mol. The summed E-state index contributed by atoms with van der Waals surface area (Å²) < 4.78 is 0. The minimum absolute atomic E-state index is 0.341. The molecule has 2 rings (SSSR count). The lowest BCUT2D eigenvalue weighted by molar-refractivity contribution is 0.202. The van der Waals surface area contributed by atoms with Gasteiger partial charge in [-0.2, -0.15) is 0 Å². The van der Waals surface area contributed by atoms with Gasteiger partial charge in [0, 0.05) is 5.71 Å². The van der Waals surface area contributed by atoms with E-state index in [0.717, 1.165) is 13.0 Å². The van der Waals surface area contributed by atoms with E-state index in [-0.39, 0.29) is 0 Å². The SMILES string of the molecule is CC1=NC2C(C)C[N-]N2C(C)C1. The minimum atomic E-state index is 0.341. The molecule has 0 bridgehead atoms. The highest BCUT2D eigenvalue weighted by Gasteiger charge is 2.28. The monoisotopic (exact) mass is 166 g/mol. The van der Waals surface area contributed by atoms with Crippen LogP contribution in [-0.2, 0) is 0 Å². The molecule has 0 aromatic carbocycles. The van der Waals surface area contributed by atoms with Crippen molar-refractivity contribution in [2.75, 3.05) is 6.54 Å². The molecule has 2 aliphatic rings. The zero-order valence-electron chi connectivity index (χ0n) is 7.99. The lowest BCUT2D eigenvalue weighted by atomic mass is 10.1. The van der Waals surface area contributed by atoms with Gasteiger partial charge in [0.15, 0.2) is 0 Å². The maximum atomic E-state index is 4.62. The van der Waals surface area contributed by atoms with Gasteiger partial charge in [-0.1, -0.05) is 13.8 Å². The molecule has 1 fully saturated rings. The number of hydrogen-bond donors (Lipinski definition) is 0. The molecule has 0 aromatic heterocycles. The first-order valence-corrected chi connectivity index (χ1v) is 4.67. The summed E-state index contributed by atoms with van der Waals surface area (Å²) in [7, 11) is 0. The molecule has 2 aliphatic heterocycles. The maximum Gasteiger partial charge on any atom is 0.0865 e. The molecule has 3 nitrogen and oxygen atoms in total. The molecule has 68 valence electrons. The third kappa shape index (κ3) is 1.17. The van der Waals surface area contributed by atoms with Gasteiger partial charge in [-0.15, -0.1) is 6.54 Å². The van der Waals surface area contributed by atoms with Crippen molar-refractivity contribution in [3.63, 3.8) is 0 Å². The number of aliphatic imine (C=N–C) groups is 1. The van der Waals surface area contributed by atoms with Crippen molar-refractivity contribution in [1.29, 1.82) is 0 Å². The molecule has 0 aromatic rings. The molecule has 3 atom stereocenters. The highest BCUT2D eigenvalue weighted by Crippen LogP contribution is 2.32. The fourth-order valence-corrected chi connectivity index (χ4v) is 2.05. The molecular weight excluding hydrogens is 150 g/mol. The van der Waals surface area contributed by atoms with Crippen molar-refractivity contribution in [3.8, 4) is 0 Å². The molecule has 0 spiro atoms. The van der Waals surface area contributed by atoms with E-state index < -0.39 is 0 Å². The summed E-state index contributed by atoms with van der Waals surface area (Å²) in [6, 6.07) is 0.553. The third-order valence-electron chi connectivity index (χ3n) is 2.71. The van der Waals surface area contributed by atoms with E-state index in [9.17, 15) is 0 Å². The van der Waals surface area contributed by atoms with Crippen molar-refractivity contribution >= 4 is 5.71 Å². The van der Waals surface area contributed by atoms with Gasteiger partial charge in [-0.25, -0.2) is 0 Å². The fraction of sp³-hybridized carbons (Fsp3) is 0.889. The van der Waals surface area contributed by atoms with Crippen LogP contribution in [0.2, 0.25) is 0 Å². The van der Waals surface area contributed by atoms with E-state index in [1.165, 1.54) is 5.71 Å². The smallest absolute Gasteiger partial charge is 0.0865 e. The van der Waals surface area contributed by atoms with Crippen LogP contribution in [0.1, 0.15) is 27.2 Å². The average Bonchev–Trinajstić information content (AvgIpc) is 2.33. The molecule has 1 saturated heterocycles. The summed E-state index contributed by atoms with van der Waals surface area (Å²) in [4.78, 5) is 4.62. The Morgan fingerprint density at radius 3 is 3.00 bits per heavy atom. The van der Waals surface area contributed by atoms with Crippen LogP contribution in [0.25, 0.3) is 5.43 Å². The van der Waals surface area contributed by atoms with Gasteiger partial charge in [-0.3, -0.25) is 4.99 Å². The van der Waals surface area contributed by atoms with Gasteiger partial charge < -0.3 is 10.4 Å². The Balaban J connectivity index is 2.22. The minimum Gasteiger partial charge on any atom is -0.592 e. The van der Waals surface area contributed by atoms with Crippen LogP contribution in [0.15, 0.2) is 4.99 Å². The molecule has 0 amide bonds. The van der Waals surface area contributed by atoms with Crippen molar-refractivity contribution in [2.45, 2.75) is 39.4 Å². The molecule has 3 unspecified atom stereocenters. The summed E-state index contributed by atoms with van der Waals surface area (Å²) in [5.74, 6) is 0.600. The number of fused-ring (bicyclic) bond motifs is 1. The topological polar surface area (TPSA) is 29.7 Å². The predicted molar refractivity (Wildman–Crippen MR) is 50.2 cm³/mol. The van der Waals surface area contributed by atoms with Gasteiger partial charge in [0.1, 0.15) is 0 Å². The molecule has 12 heavy (non-hydrogen) atoms. The molecule has 3 heteroatoms. The summed E-state index contributed by atoms with van der Waals surface area (Å²) in [5, 5.41) is 2.18. The van der Waals surface area contributed by atoms with E-state index >= 15 is 0 Å². The Morgan fingerprint density at radius 1 is 1.50 bits per heavy atom. The summed E-state index contributed by atoms with van der Waals surface area (Å²) in [5.41, 5.74) is 5.77. The summed E-state index contributed by atoms with van der Waals surface area (Å²) in [6.07, 6.45) is 1.42. The first-order valence-electron chi connectivity index (χ1n) is 4.67. The van der Waals surface area contributed by atoms with E-state index in [4.69, 9.17) is 0 Å². The number of rotatable bonds is 0. The highest BCUT2D eigenvalue weighted by molar-refractivity contribution is 5.83. The largest absolute Gasteiger partial charge is 0.592 e.